The van der Waals surface area contributed by atoms with Crippen LogP contribution in [-0.2, 0) is 16.0 Å². The van der Waals surface area contributed by atoms with Crippen molar-refractivity contribution in [2.24, 2.45) is 5.73 Å². The number of nitrogens with zero attached hydrogens (tertiary/aromatic N) is 1. The average molecular weight is 440 g/mol. The van der Waals surface area contributed by atoms with Crippen molar-refractivity contribution < 1.29 is 14.4 Å². The molecule has 6 nitrogen and oxygen atoms in total. The van der Waals surface area contributed by atoms with Gasteiger partial charge >= 0.3 is 0 Å². The summed E-state index contributed by atoms with van der Waals surface area (Å²) in [4.78, 5) is 41.4. The molecule has 1 aromatic heterocycles. The molecule has 0 radical (unpaired) electrons. The molecule has 0 unspecified atom stereocenters. The predicted molar refractivity (Wildman–Crippen MR) is 120 cm³/mol. The molecule has 0 saturated heterocycles. The topological polar surface area (TPSA) is 102 Å². The van der Waals surface area contributed by atoms with Gasteiger partial charge in [-0.3, -0.25) is 14.4 Å². The molecular weight excluding hydrogens is 418 g/mol. The van der Waals surface area contributed by atoms with Crippen molar-refractivity contribution in [3.05, 3.63) is 76.3 Å². The fraction of sp³-hybridized carbons (Fsp3) is 0.182. The molecule has 2 aromatic carbocycles. The van der Waals surface area contributed by atoms with Crippen LogP contribution in [0.15, 0.2) is 58.9 Å². The highest BCUT2D eigenvalue weighted by Gasteiger charge is 2.24. The predicted octanol–water partition coefficient (Wildman–Crippen LogP) is 4.15. The Morgan fingerprint density at radius 2 is 1.87 bits per heavy atom. The number of Topliss-reactive ketones (excluding diaryl/α,β-unsaturated/α-hetero) is 1. The summed E-state index contributed by atoms with van der Waals surface area (Å²) in [6.45, 7) is 3.31. The van der Waals surface area contributed by atoms with Crippen LogP contribution in [0.5, 0.6) is 0 Å². The van der Waals surface area contributed by atoms with Gasteiger partial charge < -0.3 is 11.1 Å². The van der Waals surface area contributed by atoms with E-state index in [-0.39, 0.29) is 18.1 Å². The van der Waals surface area contributed by atoms with Gasteiger partial charge in [0.15, 0.2) is 10.1 Å². The number of amides is 2. The molecule has 3 aromatic rings. The number of aryl methyl sites for hydroxylation is 1. The first-order valence-electron chi connectivity index (χ1n) is 9.21. The lowest BCUT2D eigenvalue weighted by Gasteiger charge is -2.16. The van der Waals surface area contributed by atoms with E-state index in [0.717, 1.165) is 16.1 Å². The SMILES string of the molecule is CC(=O)c1cccc(NC(=O)[C@H](Sc2nc(C)c(CC(N)=O)s2)c2ccccc2)c1. The zero-order chi connectivity index (χ0) is 21.7. The van der Waals surface area contributed by atoms with Gasteiger partial charge in [0.2, 0.25) is 11.8 Å². The highest BCUT2D eigenvalue weighted by molar-refractivity contribution is 8.01. The lowest BCUT2D eigenvalue weighted by Crippen LogP contribution is -2.19. The van der Waals surface area contributed by atoms with E-state index in [2.05, 4.69) is 10.3 Å². The minimum absolute atomic E-state index is 0.0691. The number of carbonyl (C=O) groups is 3. The van der Waals surface area contributed by atoms with Crippen LogP contribution in [0.3, 0.4) is 0 Å². The van der Waals surface area contributed by atoms with E-state index in [0.29, 0.717) is 15.6 Å². The van der Waals surface area contributed by atoms with E-state index in [1.54, 1.807) is 24.3 Å². The van der Waals surface area contributed by atoms with Gasteiger partial charge in [0.1, 0.15) is 5.25 Å². The molecule has 0 aliphatic heterocycles. The second-order valence-electron chi connectivity index (χ2n) is 6.67. The van der Waals surface area contributed by atoms with Crippen LogP contribution < -0.4 is 11.1 Å². The van der Waals surface area contributed by atoms with Crippen molar-refractivity contribution in [2.75, 3.05) is 5.32 Å². The van der Waals surface area contributed by atoms with Gasteiger partial charge in [-0.15, -0.1) is 11.3 Å². The second kappa shape index (κ2) is 9.69. The summed E-state index contributed by atoms with van der Waals surface area (Å²) in [7, 11) is 0. The summed E-state index contributed by atoms with van der Waals surface area (Å²) in [5.74, 6) is -0.711. The minimum atomic E-state index is -0.556. The Kier molecular flexibility index (Phi) is 7.02. The Bertz CT molecular complexity index is 1080. The fourth-order valence-corrected chi connectivity index (χ4v) is 5.23. The highest BCUT2D eigenvalue weighted by atomic mass is 32.2. The summed E-state index contributed by atoms with van der Waals surface area (Å²) in [6, 6.07) is 16.2. The summed E-state index contributed by atoms with van der Waals surface area (Å²) < 4.78 is 0.685. The zero-order valence-electron chi connectivity index (χ0n) is 16.5. The Labute approximate surface area is 182 Å². The minimum Gasteiger partial charge on any atom is -0.369 e. The van der Waals surface area contributed by atoms with Crippen molar-refractivity contribution in [3.63, 3.8) is 0 Å². The first-order chi connectivity index (χ1) is 14.3. The Hall–Kier alpha value is -2.97. The molecule has 0 aliphatic rings. The third-order valence-corrected chi connectivity index (χ3v) is 6.81. The molecule has 1 heterocycles. The Morgan fingerprint density at radius 3 is 2.53 bits per heavy atom. The molecule has 0 aliphatic carbocycles. The lowest BCUT2D eigenvalue weighted by molar-refractivity contribution is -0.117. The molecule has 0 saturated carbocycles. The molecular formula is C22H21N3O3S2. The first-order valence-corrected chi connectivity index (χ1v) is 10.9. The van der Waals surface area contributed by atoms with Gasteiger partial charge in [-0.1, -0.05) is 54.2 Å². The Morgan fingerprint density at radius 1 is 1.13 bits per heavy atom. The number of nitrogens with two attached hydrogens (primary N) is 1. The molecule has 0 fully saturated rings. The van der Waals surface area contributed by atoms with Crippen LogP contribution in [0.4, 0.5) is 5.69 Å². The number of hydrogen-bond donors (Lipinski definition) is 2. The first kappa shape index (κ1) is 21.7. The molecule has 3 N–H and O–H groups in total. The average Bonchev–Trinajstić information content (AvgIpc) is 3.05. The van der Waals surface area contributed by atoms with Crippen molar-refractivity contribution in [1.82, 2.24) is 4.98 Å². The van der Waals surface area contributed by atoms with Gasteiger partial charge in [-0.2, -0.15) is 0 Å². The zero-order valence-corrected chi connectivity index (χ0v) is 18.2. The number of hydrogen-bond acceptors (Lipinski definition) is 6. The number of thioether (sulfide) groups is 1. The monoisotopic (exact) mass is 439 g/mol. The Balaban J connectivity index is 1.86. The van der Waals surface area contributed by atoms with Crippen LogP contribution in [-0.4, -0.2) is 22.6 Å². The fourth-order valence-electron chi connectivity index (χ4n) is 2.80. The molecule has 3 rings (SSSR count). The van der Waals surface area contributed by atoms with E-state index in [9.17, 15) is 14.4 Å². The second-order valence-corrected chi connectivity index (χ2v) is 9.10. The van der Waals surface area contributed by atoms with Crippen LogP contribution in [0.25, 0.3) is 0 Å². The standard InChI is InChI=1S/C22H21N3O3S2/c1-13-18(12-19(23)27)29-22(24-13)30-20(15-7-4-3-5-8-15)21(28)25-17-10-6-9-16(11-17)14(2)26/h3-11,20H,12H2,1-2H3,(H2,23,27)(H,25,28)/t20-/m1/s1. The van der Waals surface area contributed by atoms with E-state index in [1.165, 1.54) is 30.0 Å². The van der Waals surface area contributed by atoms with Crippen LogP contribution >= 0.6 is 23.1 Å². The third kappa shape index (κ3) is 5.55. The van der Waals surface area contributed by atoms with Crippen molar-refractivity contribution in [3.8, 4) is 0 Å². The van der Waals surface area contributed by atoms with E-state index >= 15 is 0 Å². The summed E-state index contributed by atoms with van der Waals surface area (Å²) >= 11 is 2.69. The molecule has 2 amide bonds. The number of aromatic nitrogens is 1. The molecule has 0 spiro atoms. The summed E-state index contributed by atoms with van der Waals surface area (Å²) in [5, 5.41) is 2.34. The number of thiazole rings is 1. The maximum Gasteiger partial charge on any atom is 0.242 e. The van der Waals surface area contributed by atoms with Gasteiger partial charge in [-0.25, -0.2) is 4.98 Å². The number of primary amides is 1. The number of rotatable bonds is 8. The maximum absolute atomic E-state index is 13.2. The van der Waals surface area contributed by atoms with E-state index in [4.69, 9.17) is 5.73 Å². The van der Waals surface area contributed by atoms with Gasteiger partial charge in [0, 0.05) is 16.1 Å². The lowest BCUT2D eigenvalue weighted by atomic mass is 10.1. The van der Waals surface area contributed by atoms with Gasteiger partial charge in [0.05, 0.1) is 12.1 Å². The molecule has 30 heavy (non-hydrogen) atoms. The molecule has 8 heteroatoms. The quantitative estimate of drug-likeness (QED) is 0.405. The number of nitrogens with one attached hydrogen (secondary N) is 1. The molecule has 0 bridgehead atoms. The van der Waals surface area contributed by atoms with E-state index in [1.807, 2.05) is 37.3 Å². The number of benzene rings is 2. The molecule has 1 atom stereocenters. The number of carbonyl (C=O) groups excluding carboxylic acids is 3. The maximum atomic E-state index is 13.2. The summed E-state index contributed by atoms with van der Waals surface area (Å²) in [5.41, 5.74) is 7.96. The number of anilines is 1. The van der Waals surface area contributed by atoms with Crippen LogP contribution in [0.1, 0.15) is 38.7 Å². The smallest absolute Gasteiger partial charge is 0.242 e. The van der Waals surface area contributed by atoms with E-state index < -0.39 is 11.2 Å². The molecule has 154 valence electrons. The largest absolute Gasteiger partial charge is 0.369 e. The van der Waals surface area contributed by atoms with Crippen LogP contribution in [0, 0.1) is 6.92 Å². The highest BCUT2D eigenvalue weighted by Crippen LogP contribution is 2.39. The normalized spacial score (nSPS) is 11.7. The van der Waals surface area contributed by atoms with Crippen molar-refractivity contribution in [2.45, 2.75) is 29.9 Å². The van der Waals surface area contributed by atoms with Gasteiger partial charge in [-0.05, 0) is 31.5 Å². The van der Waals surface area contributed by atoms with Crippen molar-refractivity contribution >= 4 is 46.4 Å². The summed E-state index contributed by atoms with van der Waals surface area (Å²) in [6.07, 6.45) is 0.129. The van der Waals surface area contributed by atoms with Crippen LogP contribution in [0.2, 0.25) is 0 Å². The van der Waals surface area contributed by atoms with Gasteiger partial charge in [0.25, 0.3) is 0 Å². The number of ketones is 1. The van der Waals surface area contributed by atoms with Crippen molar-refractivity contribution in [1.29, 1.82) is 0 Å². The third-order valence-electron chi connectivity index (χ3n) is 4.30.